The van der Waals surface area contributed by atoms with E-state index in [4.69, 9.17) is 0 Å². The zero-order valence-electron chi connectivity index (χ0n) is 12.1. The van der Waals surface area contributed by atoms with Crippen molar-refractivity contribution in [2.24, 2.45) is 0 Å². The van der Waals surface area contributed by atoms with Crippen molar-refractivity contribution >= 4 is 9.84 Å². The van der Waals surface area contributed by atoms with Crippen LogP contribution in [0.5, 0.6) is 5.88 Å². The maximum Gasteiger partial charge on any atom is 0.422 e. The fraction of sp³-hybridized carbons (Fsp3) is 0.643. The van der Waals surface area contributed by atoms with Gasteiger partial charge in [0.1, 0.15) is 0 Å². The first-order valence-corrected chi connectivity index (χ1v) is 8.82. The summed E-state index contributed by atoms with van der Waals surface area (Å²) < 4.78 is 64.9. The van der Waals surface area contributed by atoms with Gasteiger partial charge in [0.05, 0.1) is 16.1 Å². The Bertz CT molecular complexity index is 667. The second-order valence-corrected chi connectivity index (χ2v) is 8.65. The fourth-order valence-corrected chi connectivity index (χ4v) is 5.87. The Morgan fingerprint density at radius 3 is 2.35 bits per heavy atom. The molecule has 0 spiro atoms. The van der Waals surface area contributed by atoms with E-state index in [9.17, 15) is 26.7 Å². The zero-order chi connectivity index (χ0) is 16.9. The predicted molar refractivity (Wildman–Crippen MR) is 74.6 cm³/mol. The van der Waals surface area contributed by atoms with Crippen LogP contribution in [-0.4, -0.2) is 41.8 Å². The number of hydrogen-bond donors (Lipinski definition) is 1. The maximum atomic E-state index is 12.1. The molecule has 23 heavy (non-hydrogen) atoms. The van der Waals surface area contributed by atoms with Gasteiger partial charge in [-0.15, -0.1) is 0 Å². The second kappa shape index (κ2) is 5.34. The highest BCUT2D eigenvalue weighted by atomic mass is 32.2. The normalized spacial score (nSPS) is 32.7. The second-order valence-electron chi connectivity index (χ2n) is 6.14. The molecule has 2 aliphatic heterocycles. The van der Waals surface area contributed by atoms with E-state index in [0.717, 1.165) is 0 Å². The summed E-state index contributed by atoms with van der Waals surface area (Å²) in [7, 11) is -3.17. The molecule has 2 unspecified atom stereocenters. The van der Waals surface area contributed by atoms with Gasteiger partial charge in [0, 0.05) is 17.8 Å². The van der Waals surface area contributed by atoms with E-state index in [1.54, 1.807) is 0 Å². The predicted octanol–water partition coefficient (Wildman–Crippen LogP) is 1.95. The van der Waals surface area contributed by atoms with Crippen LogP contribution >= 0.6 is 0 Å². The van der Waals surface area contributed by atoms with Crippen molar-refractivity contribution in [1.82, 2.24) is 4.98 Å². The summed E-state index contributed by atoms with van der Waals surface area (Å²) in [6, 6.07) is 2.69. The van der Waals surface area contributed by atoms with Crippen molar-refractivity contribution in [3.05, 3.63) is 23.9 Å². The summed E-state index contributed by atoms with van der Waals surface area (Å²) in [6.45, 7) is -1.44. The van der Waals surface area contributed by atoms with Gasteiger partial charge in [-0.3, -0.25) is 0 Å². The molecule has 3 rings (SSSR count). The van der Waals surface area contributed by atoms with Crippen LogP contribution in [0.3, 0.4) is 0 Å². The first-order valence-electron chi connectivity index (χ1n) is 7.21. The van der Waals surface area contributed by atoms with E-state index in [1.165, 1.54) is 18.3 Å². The SMILES string of the molecule is O=S1(=O)C2CCC1CC(O)(c1ccc(OCC(F)(F)F)nc1)C2. The molecule has 9 heteroatoms. The first-order chi connectivity index (χ1) is 10.6. The summed E-state index contributed by atoms with van der Waals surface area (Å²) >= 11 is 0. The minimum absolute atomic E-state index is 0.0935. The highest BCUT2D eigenvalue weighted by Crippen LogP contribution is 2.47. The lowest BCUT2D eigenvalue weighted by Gasteiger charge is -2.36. The van der Waals surface area contributed by atoms with Crippen LogP contribution in [0.1, 0.15) is 31.2 Å². The average Bonchev–Trinajstić information content (AvgIpc) is 2.64. The maximum absolute atomic E-state index is 12.1. The summed E-state index contributed by atoms with van der Waals surface area (Å²) in [6.07, 6.45) is -1.93. The van der Waals surface area contributed by atoms with Crippen LogP contribution in [0.2, 0.25) is 0 Å². The van der Waals surface area contributed by atoms with E-state index in [1.807, 2.05) is 0 Å². The van der Waals surface area contributed by atoms with Crippen LogP contribution in [0.15, 0.2) is 18.3 Å². The van der Waals surface area contributed by atoms with Crippen molar-refractivity contribution in [3.8, 4) is 5.88 Å². The minimum atomic E-state index is -4.45. The van der Waals surface area contributed by atoms with Gasteiger partial charge in [0.15, 0.2) is 16.4 Å². The molecule has 1 aromatic rings. The van der Waals surface area contributed by atoms with Gasteiger partial charge in [-0.1, -0.05) is 0 Å². The molecule has 0 saturated carbocycles. The van der Waals surface area contributed by atoms with Gasteiger partial charge in [-0.2, -0.15) is 13.2 Å². The number of aromatic nitrogens is 1. The van der Waals surface area contributed by atoms with Crippen LogP contribution in [0.4, 0.5) is 13.2 Å². The Labute approximate surface area is 131 Å². The molecule has 2 saturated heterocycles. The van der Waals surface area contributed by atoms with Crippen molar-refractivity contribution in [1.29, 1.82) is 0 Å². The third kappa shape index (κ3) is 3.16. The summed E-state index contributed by atoms with van der Waals surface area (Å²) in [5.41, 5.74) is -0.907. The zero-order valence-corrected chi connectivity index (χ0v) is 12.9. The number of rotatable bonds is 3. The Morgan fingerprint density at radius 1 is 1.26 bits per heavy atom. The third-order valence-electron chi connectivity index (χ3n) is 4.53. The number of sulfone groups is 1. The molecular formula is C14H16F3NO4S. The number of aliphatic hydroxyl groups is 1. The van der Waals surface area contributed by atoms with E-state index < -0.39 is 38.7 Å². The molecule has 3 heterocycles. The van der Waals surface area contributed by atoms with E-state index in [0.29, 0.717) is 18.4 Å². The van der Waals surface area contributed by atoms with Gasteiger partial charge in [-0.25, -0.2) is 13.4 Å². The lowest BCUT2D eigenvalue weighted by Crippen LogP contribution is -2.43. The molecule has 2 bridgehead atoms. The first kappa shape index (κ1) is 16.5. The van der Waals surface area contributed by atoms with Gasteiger partial charge >= 0.3 is 6.18 Å². The van der Waals surface area contributed by atoms with Gasteiger partial charge in [0.25, 0.3) is 0 Å². The number of ether oxygens (including phenoxy) is 1. The standard InChI is InChI=1S/C14H16F3NO4S/c15-14(16,17)8-22-12-4-1-9(7-18-12)13(19)5-10-2-3-11(6-13)23(10,20)21/h1,4,7,10-11,19H,2-3,5-6,8H2. The molecule has 0 radical (unpaired) electrons. The number of alkyl halides is 3. The smallest absolute Gasteiger partial charge is 0.422 e. The topological polar surface area (TPSA) is 76.5 Å². The molecule has 0 aliphatic carbocycles. The molecule has 5 nitrogen and oxygen atoms in total. The average molecular weight is 351 g/mol. The molecule has 128 valence electrons. The number of halogens is 3. The van der Waals surface area contributed by atoms with Crippen LogP contribution in [-0.2, 0) is 15.4 Å². The molecule has 0 amide bonds. The highest BCUT2D eigenvalue weighted by Gasteiger charge is 2.53. The number of hydrogen-bond acceptors (Lipinski definition) is 5. The van der Waals surface area contributed by atoms with Crippen LogP contribution in [0.25, 0.3) is 0 Å². The Kier molecular flexibility index (Phi) is 3.83. The van der Waals surface area contributed by atoms with Crippen LogP contribution < -0.4 is 4.74 Å². The Morgan fingerprint density at radius 2 is 1.87 bits per heavy atom. The highest BCUT2D eigenvalue weighted by molar-refractivity contribution is 7.93. The largest absolute Gasteiger partial charge is 0.468 e. The van der Waals surface area contributed by atoms with Crippen molar-refractivity contribution < 1.29 is 31.4 Å². The summed E-state index contributed by atoms with van der Waals surface area (Å²) in [4.78, 5) is 3.78. The fourth-order valence-electron chi connectivity index (χ4n) is 3.38. The van der Waals surface area contributed by atoms with Crippen molar-refractivity contribution in [2.45, 2.75) is 48.0 Å². The monoisotopic (exact) mass is 351 g/mol. The molecule has 2 aliphatic rings. The lowest BCUT2D eigenvalue weighted by molar-refractivity contribution is -0.154. The minimum Gasteiger partial charge on any atom is -0.468 e. The molecule has 2 atom stereocenters. The number of fused-ring (bicyclic) bond motifs is 2. The van der Waals surface area contributed by atoms with Crippen molar-refractivity contribution in [2.75, 3.05) is 6.61 Å². The Hall–Kier alpha value is -1.35. The molecule has 0 aromatic carbocycles. The van der Waals surface area contributed by atoms with E-state index in [2.05, 4.69) is 9.72 Å². The van der Waals surface area contributed by atoms with Gasteiger partial charge in [0.2, 0.25) is 5.88 Å². The number of nitrogens with zero attached hydrogens (tertiary/aromatic N) is 1. The lowest BCUT2D eigenvalue weighted by atomic mass is 9.87. The van der Waals surface area contributed by atoms with Crippen molar-refractivity contribution in [3.63, 3.8) is 0 Å². The molecule has 1 N–H and O–H groups in total. The number of pyridine rings is 1. The molecule has 2 fully saturated rings. The van der Waals surface area contributed by atoms with Gasteiger partial charge < -0.3 is 9.84 Å². The van der Waals surface area contributed by atoms with E-state index in [-0.39, 0.29) is 18.7 Å². The summed E-state index contributed by atoms with van der Waals surface area (Å²) in [5, 5.41) is 9.66. The van der Waals surface area contributed by atoms with Crippen LogP contribution in [0, 0.1) is 0 Å². The summed E-state index contributed by atoms with van der Waals surface area (Å²) in [5.74, 6) is -0.193. The Balaban J connectivity index is 1.75. The van der Waals surface area contributed by atoms with E-state index >= 15 is 0 Å². The third-order valence-corrected chi connectivity index (χ3v) is 7.19. The molecular weight excluding hydrogens is 335 g/mol. The van der Waals surface area contributed by atoms with Gasteiger partial charge in [-0.05, 0) is 31.7 Å². The quantitative estimate of drug-likeness (QED) is 0.901. The molecule has 1 aromatic heterocycles.